The molecule has 0 aliphatic heterocycles. The SMILES string of the molecule is COc1ccc(-c2nc3ccc(NC(=O)c4ccc(C(=O)N/N=C\c5cccc(OC)c5)cc4)cc3[nH]2)cc1. The first-order chi connectivity index (χ1) is 19.0. The average molecular weight is 520 g/mol. The Hall–Kier alpha value is -5.44. The Labute approximate surface area is 224 Å². The first-order valence-corrected chi connectivity index (χ1v) is 12.1. The fourth-order valence-electron chi connectivity index (χ4n) is 3.90. The number of aromatic amines is 1. The fourth-order valence-corrected chi connectivity index (χ4v) is 3.90. The zero-order valence-corrected chi connectivity index (χ0v) is 21.3. The highest BCUT2D eigenvalue weighted by atomic mass is 16.5. The Balaban J connectivity index is 1.21. The number of ether oxygens (including phenoxy) is 2. The lowest BCUT2D eigenvalue weighted by Crippen LogP contribution is -2.18. The normalized spacial score (nSPS) is 10.9. The lowest BCUT2D eigenvalue weighted by atomic mass is 10.1. The van der Waals surface area contributed by atoms with Crippen molar-refractivity contribution in [1.82, 2.24) is 15.4 Å². The highest BCUT2D eigenvalue weighted by Gasteiger charge is 2.11. The Morgan fingerprint density at radius 1 is 0.821 bits per heavy atom. The van der Waals surface area contributed by atoms with Crippen LogP contribution in [0.5, 0.6) is 11.5 Å². The number of hydrogen-bond acceptors (Lipinski definition) is 6. The van der Waals surface area contributed by atoms with Gasteiger partial charge in [0.15, 0.2) is 0 Å². The van der Waals surface area contributed by atoms with E-state index in [1.54, 1.807) is 50.6 Å². The minimum Gasteiger partial charge on any atom is -0.497 e. The van der Waals surface area contributed by atoms with Crippen LogP contribution in [0, 0.1) is 0 Å². The molecule has 39 heavy (non-hydrogen) atoms. The monoisotopic (exact) mass is 519 g/mol. The van der Waals surface area contributed by atoms with Crippen LogP contribution in [0.1, 0.15) is 26.3 Å². The number of nitrogens with zero attached hydrogens (tertiary/aromatic N) is 2. The predicted molar refractivity (Wildman–Crippen MR) is 151 cm³/mol. The van der Waals surface area contributed by atoms with Crippen molar-refractivity contribution in [3.8, 4) is 22.9 Å². The van der Waals surface area contributed by atoms with Gasteiger partial charge in [0, 0.05) is 22.4 Å². The van der Waals surface area contributed by atoms with Crippen molar-refractivity contribution in [3.05, 3.63) is 108 Å². The molecule has 1 aromatic heterocycles. The molecule has 3 N–H and O–H groups in total. The minimum absolute atomic E-state index is 0.299. The number of amides is 2. The smallest absolute Gasteiger partial charge is 0.271 e. The van der Waals surface area contributed by atoms with Crippen molar-refractivity contribution in [2.45, 2.75) is 0 Å². The molecular formula is C30H25N5O4. The largest absolute Gasteiger partial charge is 0.497 e. The molecule has 5 aromatic rings. The Morgan fingerprint density at radius 3 is 2.26 bits per heavy atom. The van der Waals surface area contributed by atoms with E-state index in [4.69, 9.17) is 9.47 Å². The molecule has 0 unspecified atom stereocenters. The molecular weight excluding hydrogens is 494 g/mol. The van der Waals surface area contributed by atoms with Crippen molar-refractivity contribution in [2.24, 2.45) is 5.10 Å². The summed E-state index contributed by atoms with van der Waals surface area (Å²) in [6, 6.07) is 26.7. The predicted octanol–water partition coefficient (Wildman–Crippen LogP) is 5.26. The molecule has 1 heterocycles. The van der Waals surface area contributed by atoms with Gasteiger partial charge in [-0.05, 0) is 84.4 Å². The summed E-state index contributed by atoms with van der Waals surface area (Å²) in [6.07, 6.45) is 1.53. The van der Waals surface area contributed by atoms with Crippen LogP contribution in [0.25, 0.3) is 22.4 Å². The fraction of sp³-hybridized carbons (Fsp3) is 0.0667. The molecule has 2 amide bonds. The third-order valence-electron chi connectivity index (χ3n) is 5.99. The van der Waals surface area contributed by atoms with Crippen LogP contribution in [-0.4, -0.2) is 42.2 Å². The van der Waals surface area contributed by atoms with E-state index in [-0.39, 0.29) is 5.91 Å². The van der Waals surface area contributed by atoms with Gasteiger partial charge in [-0.3, -0.25) is 9.59 Å². The standard InChI is InChI=1S/C30H25N5O4/c1-38-24-13-10-20(11-14-24)28-33-26-15-12-23(17-27(26)34-28)32-29(36)21-6-8-22(9-7-21)30(37)35-31-18-19-4-3-5-25(16-19)39-2/h3-18H,1-2H3,(H,32,36)(H,33,34)(H,35,37)/b31-18-. The van der Waals surface area contributed by atoms with Gasteiger partial charge in [0.1, 0.15) is 17.3 Å². The molecule has 0 radical (unpaired) electrons. The number of rotatable bonds is 8. The molecule has 9 heteroatoms. The van der Waals surface area contributed by atoms with Crippen LogP contribution in [0.4, 0.5) is 5.69 Å². The van der Waals surface area contributed by atoms with Gasteiger partial charge in [0.2, 0.25) is 0 Å². The number of H-pyrrole nitrogens is 1. The van der Waals surface area contributed by atoms with Gasteiger partial charge in [-0.25, -0.2) is 10.4 Å². The molecule has 0 bridgehead atoms. The first-order valence-electron chi connectivity index (χ1n) is 12.1. The molecule has 0 atom stereocenters. The molecule has 194 valence electrons. The van der Waals surface area contributed by atoms with Gasteiger partial charge in [0.25, 0.3) is 11.8 Å². The van der Waals surface area contributed by atoms with E-state index in [2.05, 4.69) is 25.8 Å². The third kappa shape index (κ3) is 5.94. The van der Waals surface area contributed by atoms with E-state index in [0.29, 0.717) is 22.6 Å². The van der Waals surface area contributed by atoms with E-state index in [9.17, 15) is 9.59 Å². The Morgan fingerprint density at radius 2 is 1.54 bits per heavy atom. The molecule has 0 fully saturated rings. The van der Waals surface area contributed by atoms with E-state index in [1.807, 2.05) is 54.6 Å². The van der Waals surface area contributed by atoms with Crippen LogP contribution < -0.4 is 20.2 Å². The molecule has 0 aliphatic rings. The number of carbonyl (C=O) groups is 2. The number of hydrogen-bond donors (Lipinski definition) is 3. The topological polar surface area (TPSA) is 118 Å². The Kier molecular flexibility index (Phi) is 7.31. The van der Waals surface area contributed by atoms with Crippen LogP contribution in [0.3, 0.4) is 0 Å². The highest BCUT2D eigenvalue weighted by Crippen LogP contribution is 2.25. The van der Waals surface area contributed by atoms with Crippen LogP contribution in [-0.2, 0) is 0 Å². The van der Waals surface area contributed by atoms with E-state index < -0.39 is 5.91 Å². The van der Waals surface area contributed by atoms with Crippen molar-refractivity contribution < 1.29 is 19.1 Å². The zero-order valence-electron chi connectivity index (χ0n) is 21.3. The van der Waals surface area contributed by atoms with Crippen molar-refractivity contribution >= 4 is 34.7 Å². The second-order valence-electron chi connectivity index (χ2n) is 8.55. The van der Waals surface area contributed by atoms with Crippen LogP contribution in [0.15, 0.2) is 96.1 Å². The van der Waals surface area contributed by atoms with Gasteiger partial charge in [0.05, 0.1) is 31.5 Å². The number of aromatic nitrogens is 2. The summed E-state index contributed by atoms with van der Waals surface area (Å²) in [7, 11) is 3.21. The van der Waals surface area contributed by atoms with E-state index >= 15 is 0 Å². The maximum absolute atomic E-state index is 12.8. The number of benzene rings is 4. The molecule has 4 aromatic carbocycles. The van der Waals surface area contributed by atoms with Gasteiger partial charge in [-0.15, -0.1) is 0 Å². The average Bonchev–Trinajstić information content (AvgIpc) is 3.41. The number of nitrogens with one attached hydrogen (secondary N) is 3. The molecule has 0 saturated carbocycles. The molecule has 0 spiro atoms. The van der Waals surface area contributed by atoms with E-state index in [0.717, 1.165) is 33.7 Å². The second kappa shape index (κ2) is 11.3. The molecule has 5 rings (SSSR count). The quantitative estimate of drug-likeness (QED) is 0.191. The van der Waals surface area contributed by atoms with Crippen LogP contribution >= 0.6 is 0 Å². The summed E-state index contributed by atoms with van der Waals surface area (Å²) in [4.78, 5) is 33.2. The lowest BCUT2D eigenvalue weighted by Gasteiger charge is -2.06. The number of methoxy groups -OCH3 is 2. The maximum Gasteiger partial charge on any atom is 0.271 e. The summed E-state index contributed by atoms with van der Waals surface area (Å²) < 4.78 is 10.4. The number of hydrazone groups is 1. The summed E-state index contributed by atoms with van der Waals surface area (Å²) in [5.41, 5.74) is 7.17. The van der Waals surface area contributed by atoms with Gasteiger partial charge in [-0.2, -0.15) is 5.10 Å². The second-order valence-corrected chi connectivity index (χ2v) is 8.55. The number of fused-ring (bicyclic) bond motifs is 1. The van der Waals surface area contributed by atoms with Crippen LogP contribution in [0.2, 0.25) is 0 Å². The van der Waals surface area contributed by atoms with Crippen molar-refractivity contribution in [3.63, 3.8) is 0 Å². The summed E-state index contributed by atoms with van der Waals surface area (Å²) in [6.45, 7) is 0. The molecule has 9 nitrogen and oxygen atoms in total. The number of anilines is 1. The Bertz CT molecular complexity index is 1660. The van der Waals surface area contributed by atoms with Gasteiger partial charge in [-0.1, -0.05) is 12.1 Å². The number of imidazole rings is 1. The van der Waals surface area contributed by atoms with Gasteiger partial charge < -0.3 is 19.8 Å². The molecule has 0 saturated heterocycles. The van der Waals surface area contributed by atoms with E-state index in [1.165, 1.54) is 6.21 Å². The first kappa shape index (κ1) is 25.2. The highest BCUT2D eigenvalue weighted by molar-refractivity contribution is 6.05. The summed E-state index contributed by atoms with van der Waals surface area (Å²) >= 11 is 0. The zero-order chi connectivity index (χ0) is 27.2. The van der Waals surface area contributed by atoms with Gasteiger partial charge >= 0.3 is 0 Å². The maximum atomic E-state index is 12.8. The third-order valence-corrected chi connectivity index (χ3v) is 5.99. The minimum atomic E-state index is -0.390. The molecule has 0 aliphatic carbocycles. The number of carbonyl (C=O) groups excluding carboxylic acids is 2. The lowest BCUT2D eigenvalue weighted by molar-refractivity contribution is 0.0953. The summed E-state index contributed by atoms with van der Waals surface area (Å²) in [5.74, 6) is 1.50. The van der Waals surface area contributed by atoms with Crippen molar-refractivity contribution in [1.29, 1.82) is 0 Å². The van der Waals surface area contributed by atoms with Crippen molar-refractivity contribution in [2.75, 3.05) is 19.5 Å². The summed E-state index contributed by atoms with van der Waals surface area (Å²) in [5, 5.41) is 6.87.